The van der Waals surface area contributed by atoms with Crippen molar-refractivity contribution in [2.75, 3.05) is 18.0 Å². The second kappa shape index (κ2) is 5.90. The summed E-state index contributed by atoms with van der Waals surface area (Å²) >= 11 is 0. The summed E-state index contributed by atoms with van der Waals surface area (Å²) in [5, 5.41) is 0. The predicted octanol–water partition coefficient (Wildman–Crippen LogP) is 3.76. The van der Waals surface area contributed by atoms with Gasteiger partial charge in [-0.1, -0.05) is 36.4 Å². The van der Waals surface area contributed by atoms with Gasteiger partial charge in [-0.15, -0.1) is 0 Å². The van der Waals surface area contributed by atoms with Gasteiger partial charge in [0.15, 0.2) is 0 Å². The van der Waals surface area contributed by atoms with Gasteiger partial charge >= 0.3 is 0 Å². The topological polar surface area (TPSA) is 29.3 Å². The molecule has 1 atom stereocenters. The number of nitrogens with zero attached hydrogens (tertiary/aromatic N) is 1. The Labute approximate surface area is 127 Å². The number of aryl methyl sites for hydroxylation is 3. The van der Waals surface area contributed by atoms with Crippen LogP contribution in [0.1, 0.15) is 34.7 Å². The van der Waals surface area contributed by atoms with Crippen molar-refractivity contribution in [3.8, 4) is 0 Å². The predicted molar refractivity (Wildman–Crippen MR) is 89.8 cm³/mol. The maximum absolute atomic E-state index is 6.46. The fourth-order valence-corrected chi connectivity index (χ4v) is 3.14. The van der Waals surface area contributed by atoms with Gasteiger partial charge in [0.1, 0.15) is 0 Å². The summed E-state index contributed by atoms with van der Waals surface area (Å²) in [6.45, 7) is 6.29. The van der Waals surface area contributed by atoms with Crippen LogP contribution in [0.2, 0.25) is 0 Å². The molecule has 2 N–H and O–H groups in total. The van der Waals surface area contributed by atoms with E-state index in [1.807, 2.05) is 0 Å². The molecule has 0 spiro atoms. The number of nitrogens with two attached hydrogens (primary N) is 1. The monoisotopic (exact) mass is 280 g/mol. The fraction of sp³-hybridized carbons (Fsp3) is 0.368. The van der Waals surface area contributed by atoms with Gasteiger partial charge in [0.05, 0.1) is 0 Å². The van der Waals surface area contributed by atoms with E-state index in [1.54, 1.807) is 0 Å². The molecular formula is C19H24N2. The van der Waals surface area contributed by atoms with Crippen molar-refractivity contribution in [3.63, 3.8) is 0 Å². The number of hydrogen-bond acceptors (Lipinski definition) is 2. The third-order valence-electron chi connectivity index (χ3n) is 4.58. The standard InChI is InChI=1S/C19H24N2/c1-14-9-10-17(12-15(14)2)18(20)13-21-11-5-7-16-6-3-4-8-19(16)21/h3-4,6,8-10,12,18H,5,7,11,13,20H2,1-2H3. The maximum Gasteiger partial charge on any atom is 0.0473 e. The second-order valence-electron chi connectivity index (χ2n) is 6.13. The van der Waals surface area contributed by atoms with Gasteiger partial charge in [-0.05, 0) is 55.0 Å². The molecule has 0 amide bonds. The zero-order valence-corrected chi connectivity index (χ0v) is 13.0. The first-order chi connectivity index (χ1) is 10.1. The molecule has 2 nitrogen and oxygen atoms in total. The van der Waals surface area contributed by atoms with E-state index in [9.17, 15) is 0 Å². The van der Waals surface area contributed by atoms with Crippen LogP contribution in [-0.4, -0.2) is 13.1 Å². The van der Waals surface area contributed by atoms with Crippen molar-refractivity contribution >= 4 is 5.69 Å². The molecule has 0 saturated heterocycles. The number of anilines is 1. The van der Waals surface area contributed by atoms with Gasteiger partial charge in [0.25, 0.3) is 0 Å². The molecule has 1 aliphatic heterocycles. The highest BCUT2D eigenvalue weighted by molar-refractivity contribution is 5.55. The first-order valence-corrected chi connectivity index (χ1v) is 7.81. The van der Waals surface area contributed by atoms with Crippen molar-refractivity contribution in [1.82, 2.24) is 0 Å². The SMILES string of the molecule is Cc1ccc(C(N)CN2CCCc3ccccc32)cc1C. The quantitative estimate of drug-likeness (QED) is 0.927. The summed E-state index contributed by atoms with van der Waals surface area (Å²) in [6, 6.07) is 15.4. The maximum atomic E-state index is 6.46. The number of rotatable bonds is 3. The van der Waals surface area contributed by atoms with E-state index < -0.39 is 0 Å². The van der Waals surface area contributed by atoms with E-state index in [2.05, 4.69) is 61.2 Å². The van der Waals surface area contributed by atoms with Crippen LogP contribution in [0.25, 0.3) is 0 Å². The van der Waals surface area contributed by atoms with Crippen LogP contribution in [-0.2, 0) is 6.42 Å². The molecule has 0 aliphatic carbocycles. The lowest BCUT2D eigenvalue weighted by atomic mass is 9.98. The first-order valence-electron chi connectivity index (χ1n) is 7.81. The van der Waals surface area contributed by atoms with Gasteiger partial charge in [0.2, 0.25) is 0 Å². The molecule has 3 rings (SSSR count). The zero-order chi connectivity index (χ0) is 14.8. The molecule has 1 aliphatic rings. The van der Waals surface area contributed by atoms with E-state index in [0.717, 1.165) is 13.1 Å². The van der Waals surface area contributed by atoms with Crippen LogP contribution in [0.4, 0.5) is 5.69 Å². The van der Waals surface area contributed by atoms with Crippen molar-refractivity contribution in [2.24, 2.45) is 5.73 Å². The molecule has 2 aromatic carbocycles. The van der Waals surface area contributed by atoms with Crippen LogP contribution < -0.4 is 10.6 Å². The van der Waals surface area contributed by atoms with Gasteiger partial charge in [-0.25, -0.2) is 0 Å². The molecule has 0 saturated carbocycles. The van der Waals surface area contributed by atoms with E-state index in [1.165, 1.54) is 40.8 Å². The molecule has 21 heavy (non-hydrogen) atoms. The molecule has 0 fully saturated rings. The highest BCUT2D eigenvalue weighted by Gasteiger charge is 2.19. The summed E-state index contributed by atoms with van der Waals surface area (Å²) < 4.78 is 0. The van der Waals surface area contributed by atoms with Gasteiger partial charge < -0.3 is 10.6 Å². The largest absolute Gasteiger partial charge is 0.369 e. The van der Waals surface area contributed by atoms with Crippen molar-refractivity contribution in [3.05, 3.63) is 64.7 Å². The Hall–Kier alpha value is -1.80. The molecule has 1 heterocycles. The van der Waals surface area contributed by atoms with Crippen molar-refractivity contribution < 1.29 is 0 Å². The average molecular weight is 280 g/mol. The molecule has 1 unspecified atom stereocenters. The van der Waals surface area contributed by atoms with Gasteiger partial charge in [-0.2, -0.15) is 0 Å². The van der Waals surface area contributed by atoms with E-state index in [0.29, 0.717) is 0 Å². The minimum atomic E-state index is 0.0652. The molecule has 2 aromatic rings. The summed E-state index contributed by atoms with van der Waals surface area (Å²) in [5.41, 5.74) is 13.2. The highest BCUT2D eigenvalue weighted by Crippen LogP contribution is 2.28. The van der Waals surface area contributed by atoms with Crippen molar-refractivity contribution in [1.29, 1.82) is 0 Å². The lowest BCUT2D eigenvalue weighted by molar-refractivity contribution is 0.625. The Morgan fingerprint density at radius 3 is 2.71 bits per heavy atom. The summed E-state index contributed by atoms with van der Waals surface area (Å²) in [7, 11) is 0. The van der Waals surface area contributed by atoms with E-state index in [4.69, 9.17) is 5.73 Å². The van der Waals surface area contributed by atoms with Crippen LogP contribution >= 0.6 is 0 Å². The molecule has 0 radical (unpaired) electrons. The fourth-order valence-electron chi connectivity index (χ4n) is 3.14. The lowest BCUT2D eigenvalue weighted by Crippen LogP contribution is -2.35. The van der Waals surface area contributed by atoms with Crippen molar-refractivity contribution in [2.45, 2.75) is 32.7 Å². The van der Waals surface area contributed by atoms with E-state index >= 15 is 0 Å². The first kappa shape index (κ1) is 14.2. The Bertz CT molecular complexity index is 633. The number of benzene rings is 2. The van der Waals surface area contributed by atoms with Crippen LogP contribution in [0.5, 0.6) is 0 Å². The highest BCUT2D eigenvalue weighted by atomic mass is 15.1. The average Bonchev–Trinajstić information content (AvgIpc) is 2.50. The molecule has 0 aromatic heterocycles. The summed E-state index contributed by atoms with van der Waals surface area (Å²) in [6.07, 6.45) is 2.40. The summed E-state index contributed by atoms with van der Waals surface area (Å²) in [4.78, 5) is 2.44. The Morgan fingerprint density at radius 2 is 1.90 bits per heavy atom. The molecule has 2 heteroatoms. The van der Waals surface area contributed by atoms with Gasteiger partial charge in [0, 0.05) is 24.8 Å². The smallest absolute Gasteiger partial charge is 0.0473 e. The Balaban J connectivity index is 1.79. The van der Waals surface area contributed by atoms with Crippen LogP contribution in [0.15, 0.2) is 42.5 Å². The second-order valence-corrected chi connectivity index (χ2v) is 6.13. The van der Waals surface area contributed by atoms with Crippen LogP contribution in [0, 0.1) is 13.8 Å². The molecule has 110 valence electrons. The molecular weight excluding hydrogens is 256 g/mol. The minimum absolute atomic E-state index is 0.0652. The van der Waals surface area contributed by atoms with Gasteiger partial charge in [-0.3, -0.25) is 0 Å². The molecule has 0 bridgehead atoms. The van der Waals surface area contributed by atoms with E-state index in [-0.39, 0.29) is 6.04 Å². The number of hydrogen-bond donors (Lipinski definition) is 1. The third kappa shape index (κ3) is 2.96. The number of para-hydroxylation sites is 1. The lowest BCUT2D eigenvalue weighted by Gasteiger charge is -2.33. The normalized spacial score (nSPS) is 15.7. The number of fused-ring (bicyclic) bond motifs is 1. The Kier molecular flexibility index (Phi) is 3.98. The minimum Gasteiger partial charge on any atom is -0.369 e. The van der Waals surface area contributed by atoms with Crippen LogP contribution in [0.3, 0.4) is 0 Å². The summed E-state index contributed by atoms with van der Waals surface area (Å²) in [5.74, 6) is 0. The zero-order valence-electron chi connectivity index (χ0n) is 13.0. The third-order valence-corrected chi connectivity index (χ3v) is 4.58. The Morgan fingerprint density at radius 1 is 1.10 bits per heavy atom.